The summed E-state index contributed by atoms with van der Waals surface area (Å²) in [6.45, 7) is 0. The van der Waals surface area contributed by atoms with E-state index >= 15 is 0 Å². The molecular weight excluding hydrogens is 385 g/mol. The molecule has 1 nitrogen and oxygen atoms in total. The van der Waals surface area contributed by atoms with Crippen LogP contribution in [0, 0.1) is 5.82 Å². The zero-order valence-corrected chi connectivity index (χ0v) is 13.9. The van der Waals surface area contributed by atoms with Gasteiger partial charge in [0.1, 0.15) is 5.82 Å². The predicted molar refractivity (Wildman–Crippen MR) is 87.6 cm³/mol. The molecule has 0 heterocycles. The predicted octanol–water partition coefficient (Wildman–Crippen LogP) is 5.71. The Morgan fingerprint density at radius 3 is 2.25 bits per heavy atom. The van der Waals surface area contributed by atoms with Crippen LogP contribution in [0.2, 0.25) is 0 Å². The molecule has 0 unspecified atom stereocenters. The number of hydrogen-bond donors (Lipinski definition) is 1. The van der Waals surface area contributed by atoms with Gasteiger partial charge in [-0.3, -0.25) is 0 Å². The minimum atomic E-state index is -0.202. The second kappa shape index (κ2) is 5.86. The van der Waals surface area contributed by atoms with Crippen molar-refractivity contribution in [3.05, 3.63) is 62.8 Å². The molecule has 0 radical (unpaired) electrons. The van der Waals surface area contributed by atoms with Crippen LogP contribution < -0.4 is 5.32 Å². The number of hydrogen-bond acceptors (Lipinski definition) is 1. The molecule has 0 spiro atoms. The van der Waals surface area contributed by atoms with Crippen LogP contribution in [-0.4, -0.2) is 6.04 Å². The Morgan fingerprint density at radius 1 is 0.950 bits per heavy atom. The Kier molecular flexibility index (Phi) is 4.13. The smallest absolute Gasteiger partial charge is 0.147 e. The zero-order valence-electron chi connectivity index (χ0n) is 10.7. The molecule has 1 fully saturated rings. The summed E-state index contributed by atoms with van der Waals surface area (Å²) in [7, 11) is 0. The van der Waals surface area contributed by atoms with Crippen LogP contribution in [0.5, 0.6) is 0 Å². The molecule has 0 amide bonds. The summed E-state index contributed by atoms with van der Waals surface area (Å²) < 4.78 is 15.6. The van der Waals surface area contributed by atoms with Crippen molar-refractivity contribution < 1.29 is 4.39 Å². The molecule has 1 N–H and O–H groups in total. The van der Waals surface area contributed by atoms with E-state index in [4.69, 9.17) is 0 Å². The highest BCUT2D eigenvalue weighted by Gasteiger charge is 2.30. The van der Waals surface area contributed by atoms with Crippen LogP contribution in [-0.2, 0) is 0 Å². The van der Waals surface area contributed by atoms with Crippen LogP contribution >= 0.6 is 31.9 Å². The highest BCUT2D eigenvalue weighted by molar-refractivity contribution is 9.10. The van der Waals surface area contributed by atoms with E-state index in [0.717, 1.165) is 21.8 Å². The van der Waals surface area contributed by atoms with Crippen molar-refractivity contribution >= 4 is 37.5 Å². The van der Waals surface area contributed by atoms with E-state index in [9.17, 15) is 4.39 Å². The van der Waals surface area contributed by atoms with Crippen LogP contribution in [0.15, 0.2) is 51.4 Å². The highest BCUT2D eigenvalue weighted by atomic mass is 79.9. The Bertz CT molecular complexity index is 606. The van der Waals surface area contributed by atoms with Crippen molar-refractivity contribution in [2.75, 3.05) is 5.32 Å². The lowest BCUT2D eigenvalue weighted by atomic mass is 9.76. The second-order valence-electron chi connectivity index (χ2n) is 5.19. The Morgan fingerprint density at radius 2 is 1.60 bits per heavy atom. The molecule has 4 heteroatoms. The lowest BCUT2D eigenvalue weighted by Crippen LogP contribution is -2.34. The SMILES string of the molecule is Fc1cc(Br)ccc1NC1CC(c2ccc(Br)cc2)C1. The van der Waals surface area contributed by atoms with Crippen LogP contribution in [0.25, 0.3) is 0 Å². The first-order valence-electron chi connectivity index (χ1n) is 6.59. The molecule has 2 aromatic carbocycles. The summed E-state index contributed by atoms with van der Waals surface area (Å²) >= 11 is 6.71. The van der Waals surface area contributed by atoms with Crippen molar-refractivity contribution in [3.63, 3.8) is 0 Å². The van der Waals surface area contributed by atoms with Gasteiger partial charge in [0, 0.05) is 15.0 Å². The van der Waals surface area contributed by atoms with E-state index in [0.29, 0.717) is 17.6 Å². The van der Waals surface area contributed by atoms with Gasteiger partial charge >= 0.3 is 0 Å². The standard InChI is InChI=1S/C16H14Br2FN/c17-12-3-1-10(2-4-12)11-7-14(8-11)20-16-6-5-13(18)9-15(16)19/h1-6,9,11,14,20H,7-8H2. The molecule has 0 bridgehead atoms. The second-order valence-corrected chi connectivity index (χ2v) is 7.02. The topological polar surface area (TPSA) is 12.0 Å². The van der Waals surface area contributed by atoms with Gasteiger partial charge in [-0.1, -0.05) is 44.0 Å². The first-order valence-corrected chi connectivity index (χ1v) is 8.17. The fraction of sp³-hybridized carbons (Fsp3) is 0.250. The normalized spacial score (nSPS) is 21.4. The number of benzene rings is 2. The monoisotopic (exact) mass is 397 g/mol. The Balaban J connectivity index is 1.59. The molecule has 2 aromatic rings. The molecule has 0 aliphatic heterocycles. The third-order valence-corrected chi connectivity index (χ3v) is 4.79. The molecule has 0 aromatic heterocycles. The molecule has 0 atom stereocenters. The van der Waals surface area contributed by atoms with E-state index in [-0.39, 0.29) is 5.82 Å². The molecule has 104 valence electrons. The number of rotatable bonds is 3. The number of halogens is 3. The van der Waals surface area contributed by atoms with Crippen molar-refractivity contribution in [3.8, 4) is 0 Å². The van der Waals surface area contributed by atoms with Crippen molar-refractivity contribution in [1.82, 2.24) is 0 Å². The van der Waals surface area contributed by atoms with E-state index in [1.54, 1.807) is 6.07 Å². The molecule has 1 aliphatic rings. The quantitative estimate of drug-likeness (QED) is 0.698. The van der Waals surface area contributed by atoms with Gasteiger partial charge in [-0.25, -0.2) is 4.39 Å². The fourth-order valence-electron chi connectivity index (χ4n) is 2.57. The molecule has 0 saturated heterocycles. The molecular formula is C16H14Br2FN. The number of nitrogens with one attached hydrogen (secondary N) is 1. The van der Waals surface area contributed by atoms with Gasteiger partial charge in [0.2, 0.25) is 0 Å². The Labute approximate surface area is 134 Å². The summed E-state index contributed by atoms with van der Waals surface area (Å²) in [4.78, 5) is 0. The van der Waals surface area contributed by atoms with Gasteiger partial charge in [0.25, 0.3) is 0 Å². The average Bonchev–Trinajstić information content (AvgIpc) is 2.37. The van der Waals surface area contributed by atoms with Crippen molar-refractivity contribution in [2.45, 2.75) is 24.8 Å². The molecule has 1 aliphatic carbocycles. The maximum absolute atomic E-state index is 13.7. The van der Waals surface area contributed by atoms with Crippen LogP contribution in [0.1, 0.15) is 24.3 Å². The van der Waals surface area contributed by atoms with Gasteiger partial charge in [0.05, 0.1) is 5.69 Å². The first-order chi connectivity index (χ1) is 9.61. The number of anilines is 1. The zero-order chi connectivity index (χ0) is 14.1. The van der Waals surface area contributed by atoms with Gasteiger partial charge in [0.15, 0.2) is 0 Å². The van der Waals surface area contributed by atoms with Crippen LogP contribution in [0.3, 0.4) is 0 Å². The molecule has 20 heavy (non-hydrogen) atoms. The maximum Gasteiger partial charge on any atom is 0.147 e. The van der Waals surface area contributed by atoms with Crippen molar-refractivity contribution in [2.24, 2.45) is 0 Å². The highest BCUT2D eigenvalue weighted by Crippen LogP contribution is 2.39. The lowest BCUT2D eigenvalue weighted by molar-refractivity contribution is 0.373. The van der Waals surface area contributed by atoms with Gasteiger partial charge in [-0.05, 0) is 54.7 Å². The largest absolute Gasteiger partial charge is 0.380 e. The lowest BCUT2D eigenvalue weighted by Gasteiger charge is -2.37. The minimum Gasteiger partial charge on any atom is -0.380 e. The van der Waals surface area contributed by atoms with Crippen LogP contribution in [0.4, 0.5) is 10.1 Å². The van der Waals surface area contributed by atoms with Crippen molar-refractivity contribution in [1.29, 1.82) is 0 Å². The fourth-order valence-corrected chi connectivity index (χ4v) is 3.17. The average molecular weight is 399 g/mol. The third-order valence-electron chi connectivity index (χ3n) is 3.77. The third kappa shape index (κ3) is 3.07. The maximum atomic E-state index is 13.7. The summed E-state index contributed by atoms with van der Waals surface area (Å²) in [5, 5.41) is 3.28. The van der Waals surface area contributed by atoms with E-state index in [1.807, 2.05) is 6.07 Å². The summed E-state index contributed by atoms with van der Waals surface area (Å²) in [5.41, 5.74) is 1.95. The minimum absolute atomic E-state index is 0.202. The van der Waals surface area contributed by atoms with Gasteiger partial charge < -0.3 is 5.32 Å². The van der Waals surface area contributed by atoms with E-state index in [2.05, 4.69) is 61.4 Å². The van der Waals surface area contributed by atoms with Gasteiger partial charge in [-0.15, -0.1) is 0 Å². The summed E-state index contributed by atoms with van der Waals surface area (Å²) in [6.07, 6.45) is 2.11. The van der Waals surface area contributed by atoms with Gasteiger partial charge in [-0.2, -0.15) is 0 Å². The Hall–Kier alpha value is -0.870. The molecule has 1 saturated carbocycles. The summed E-state index contributed by atoms with van der Waals surface area (Å²) in [5.74, 6) is 0.380. The van der Waals surface area contributed by atoms with E-state index in [1.165, 1.54) is 11.6 Å². The van der Waals surface area contributed by atoms with E-state index < -0.39 is 0 Å². The first kappa shape index (κ1) is 14.1. The molecule has 3 rings (SSSR count). The summed E-state index contributed by atoms with van der Waals surface area (Å²) in [6, 6.07) is 14.0.